The Balaban J connectivity index is 1.85. The van der Waals surface area contributed by atoms with E-state index in [9.17, 15) is 0 Å². The summed E-state index contributed by atoms with van der Waals surface area (Å²) < 4.78 is 0. The first kappa shape index (κ1) is 35.3. The second-order valence-electron chi connectivity index (χ2n) is 14.7. The van der Waals surface area contributed by atoms with Crippen molar-refractivity contribution in [2.75, 3.05) is 0 Å². The Bertz CT molecular complexity index is 934. The molecule has 2 heteroatoms. The molecular weight excluding hydrogens is 513 g/mol. The van der Waals surface area contributed by atoms with E-state index in [1.54, 1.807) is 32.7 Å². The molecule has 0 saturated heterocycles. The molecule has 1 atom stereocenters. The Labute approximate surface area is 254 Å². The van der Waals surface area contributed by atoms with Gasteiger partial charge in [0.15, 0.2) is 0 Å². The van der Waals surface area contributed by atoms with Gasteiger partial charge >= 0.3 is 0 Å². The Morgan fingerprint density at radius 3 is 1.38 bits per heavy atom. The van der Waals surface area contributed by atoms with Gasteiger partial charge in [0.1, 0.15) is 0 Å². The van der Waals surface area contributed by atoms with Crippen LogP contribution >= 0.6 is 0 Å². The highest BCUT2D eigenvalue weighted by atomic mass is 28.3. The lowest BCUT2D eigenvalue weighted by Crippen LogP contribution is -2.47. The molecule has 0 heterocycles. The molecule has 1 aromatic rings. The van der Waals surface area contributed by atoms with Gasteiger partial charge in [-0.25, -0.2) is 0 Å². The lowest BCUT2D eigenvalue weighted by molar-refractivity contribution is 0.531. The second kappa shape index (κ2) is 17.3. The zero-order valence-electron chi connectivity index (χ0n) is 28.8. The van der Waals surface area contributed by atoms with Gasteiger partial charge in [-0.3, -0.25) is 0 Å². The zero-order valence-corrected chi connectivity index (χ0v) is 31.0. The SMILES string of the molecule is CCCCCCCCCCCCCCCCCC[SiH](c1cc(C)cc([Si](C)(C)C)c1)C1(C)C(C)=C(C)C(C)=C1C. The molecule has 1 aliphatic carbocycles. The van der Waals surface area contributed by atoms with Crippen molar-refractivity contribution in [1.29, 1.82) is 0 Å². The number of hydrogen-bond acceptors (Lipinski definition) is 0. The molecule has 1 unspecified atom stereocenters. The first-order chi connectivity index (χ1) is 18.9. The van der Waals surface area contributed by atoms with E-state index in [-0.39, 0.29) is 5.04 Å². The van der Waals surface area contributed by atoms with Crippen molar-refractivity contribution >= 4 is 27.2 Å². The van der Waals surface area contributed by atoms with Crippen molar-refractivity contribution in [1.82, 2.24) is 0 Å². The van der Waals surface area contributed by atoms with E-state index in [2.05, 4.69) is 86.3 Å². The van der Waals surface area contributed by atoms with E-state index in [1.807, 2.05) is 0 Å². The first-order valence-electron chi connectivity index (χ1n) is 17.4. The maximum absolute atomic E-state index is 2.68. The van der Waals surface area contributed by atoms with Crippen LogP contribution in [-0.4, -0.2) is 16.9 Å². The fourth-order valence-electron chi connectivity index (χ4n) is 7.28. The molecule has 0 aromatic heterocycles. The lowest BCUT2D eigenvalue weighted by atomic mass is 9.98. The normalized spacial score (nSPS) is 16.4. The average molecular weight is 581 g/mol. The highest BCUT2D eigenvalue weighted by Crippen LogP contribution is 2.55. The monoisotopic (exact) mass is 580 g/mol. The van der Waals surface area contributed by atoms with Gasteiger partial charge in [0, 0.05) is 5.04 Å². The van der Waals surface area contributed by atoms with Crippen molar-refractivity contribution in [3.8, 4) is 0 Å². The third-order valence-electron chi connectivity index (χ3n) is 10.7. The van der Waals surface area contributed by atoms with Gasteiger partial charge < -0.3 is 0 Å². The van der Waals surface area contributed by atoms with Gasteiger partial charge in [-0.05, 0) is 45.8 Å². The maximum atomic E-state index is 2.68. The number of benzene rings is 1. The largest absolute Gasteiger partial charge is 0.0858 e. The molecule has 40 heavy (non-hydrogen) atoms. The van der Waals surface area contributed by atoms with Crippen LogP contribution in [0.3, 0.4) is 0 Å². The molecule has 0 aliphatic heterocycles. The van der Waals surface area contributed by atoms with Crippen LogP contribution in [-0.2, 0) is 0 Å². The molecule has 2 rings (SSSR count). The highest BCUT2D eigenvalue weighted by Gasteiger charge is 2.44. The Morgan fingerprint density at radius 2 is 0.975 bits per heavy atom. The molecular formula is C38H68Si2. The van der Waals surface area contributed by atoms with E-state index in [0.29, 0.717) is 0 Å². The smallest absolute Gasteiger partial charge is 0.0656 e. The summed E-state index contributed by atoms with van der Waals surface area (Å²) in [4.78, 5) is 0. The summed E-state index contributed by atoms with van der Waals surface area (Å²) in [6.45, 7) is 24.5. The summed E-state index contributed by atoms with van der Waals surface area (Å²) >= 11 is 0. The van der Waals surface area contributed by atoms with Gasteiger partial charge in [-0.1, -0.05) is 188 Å². The number of rotatable bonds is 20. The van der Waals surface area contributed by atoms with Crippen LogP contribution in [0.5, 0.6) is 0 Å². The van der Waals surface area contributed by atoms with Crippen LogP contribution in [0.2, 0.25) is 30.7 Å². The summed E-state index contributed by atoms with van der Waals surface area (Å²) in [6.07, 6.45) is 23.2. The Hall–Kier alpha value is -0.866. The van der Waals surface area contributed by atoms with Crippen molar-refractivity contribution < 1.29 is 0 Å². The number of hydrogen-bond donors (Lipinski definition) is 0. The van der Waals surface area contributed by atoms with E-state index < -0.39 is 16.9 Å². The van der Waals surface area contributed by atoms with Gasteiger partial charge in [-0.15, -0.1) is 0 Å². The molecule has 228 valence electrons. The van der Waals surface area contributed by atoms with Gasteiger partial charge in [0.25, 0.3) is 0 Å². The minimum absolute atomic E-state index is 0.286. The molecule has 0 nitrogen and oxygen atoms in total. The third kappa shape index (κ3) is 10.1. The minimum Gasteiger partial charge on any atom is -0.0656 e. The molecule has 1 aromatic carbocycles. The van der Waals surface area contributed by atoms with Gasteiger partial charge in [-0.2, -0.15) is 0 Å². The maximum Gasteiger partial charge on any atom is 0.0858 e. The zero-order chi connectivity index (χ0) is 29.8. The highest BCUT2D eigenvalue weighted by molar-refractivity contribution is 6.89. The average Bonchev–Trinajstić information content (AvgIpc) is 3.05. The molecule has 0 radical (unpaired) electrons. The summed E-state index contributed by atoms with van der Waals surface area (Å²) in [7, 11) is -2.61. The van der Waals surface area contributed by atoms with Gasteiger partial charge in [0.2, 0.25) is 0 Å². The van der Waals surface area contributed by atoms with Gasteiger partial charge in [0.05, 0.1) is 16.9 Å². The fraction of sp³-hybridized carbons (Fsp3) is 0.737. The van der Waals surface area contributed by atoms with Crippen LogP contribution < -0.4 is 10.4 Å². The topological polar surface area (TPSA) is 0 Å². The quantitative estimate of drug-likeness (QED) is 0.106. The van der Waals surface area contributed by atoms with Crippen LogP contribution in [0.4, 0.5) is 0 Å². The predicted molar refractivity (Wildman–Crippen MR) is 190 cm³/mol. The molecule has 0 bridgehead atoms. The van der Waals surface area contributed by atoms with Crippen molar-refractivity contribution in [3.63, 3.8) is 0 Å². The standard InChI is InChI=1S/C38H68Si2/c1-11-12-13-14-15-16-17-18-19-20-21-22-23-24-25-26-27-39(38(7)34(5)32(3)33(4)35(38)6)36-28-31(2)29-37(30-36)40(8,9)10/h28-30,39H,11-27H2,1-10H3. The molecule has 0 spiro atoms. The van der Waals surface area contributed by atoms with E-state index in [0.717, 1.165) is 0 Å². The van der Waals surface area contributed by atoms with Crippen LogP contribution in [0.25, 0.3) is 0 Å². The summed E-state index contributed by atoms with van der Waals surface area (Å²) in [5.74, 6) is 0. The summed E-state index contributed by atoms with van der Waals surface area (Å²) in [5.41, 5.74) is 7.97. The molecule has 1 aliphatic rings. The lowest BCUT2D eigenvalue weighted by Gasteiger charge is -2.38. The summed E-state index contributed by atoms with van der Waals surface area (Å²) in [5, 5.41) is 3.68. The molecule has 0 saturated carbocycles. The number of unbranched alkanes of at least 4 members (excludes halogenated alkanes) is 15. The first-order valence-corrected chi connectivity index (χ1v) is 22.9. The van der Waals surface area contributed by atoms with Crippen molar-refractivity contribution in [3.05, 3.63) is 46.1 Å². The van der Waals surface area contributed by atoms with Crippen molar-refractivity contribution in [2.24, 2.45) is 0 Å². The number of aryl methyl sites for hydroxylation is 1. The Kier molecular flexibility index (Phi) is 15.3. The number of allylic oxidation sites excluding steroid dienone is 4. The van der Waals surface area contributed by atoms with Crippen LogP contribution in [0, 0.1) is 6.92 Å². The minimum atomic E-state index is -1.35. The van der Waals surface area contributed by atoms with E-state index in [1.165, 1.54) is 114 Å². The Morgan fingerprint density at radius 1 is 0.575 bits per heavy atom. The van der Waals surface area contributed by atoms with E-state index in [4.69, 9.17) is 0 Å². The molecule has 0 N–H and O–H groups in total. The fourth-order valence-corrected chi connectivity index (χ4v) is 13.3. The third-order valence-corrected chi connectivity index (χ3v) is 17.1. The molecule has 0 amide bonds. The van der Waals surface area contributed by atoms with Crippen LogP contribution in [0.1, 0.15) is 150 Å². The summed E-state index contributed by atoms with van der Waals surface area (Å²) in [6, 6.07) is 9.20. The van der Waals surface area contributed by atoms with Crippen molar-refractivity contribution in [2.45, 2.75) is 182 Å². The molecule has 0 fully saturated rings. The van der Waals surface area contributed by atoms with Crippen LogP contribution in [0.15, 0.2) is 40.5 Å². The second-order valence-corrected chi connectivity index (χ2v) is 23.3. The predicted octanol–water partition coefficient (Wildman–Crippen LogP) is 11.7. The van der Waals surface area contributed by atoms with E-state index >= 15 is 0 Å².